The van der Waals surface area contributed by atoms with Crippen LogP contribution in [0.3, 0.4) is 0 Å². The van der Waals surface area contributed by atoms with Gasteiger partial charge in [0.25, 0.3) is 5.91 Å². The van der Waals surface area contributed by atoms with Crippen LogP contribution < -0.4 is 15.8 Å². The number of ether oxygens (including phenoxy) is 1. The number of amides is 1. The first-order chi connectivity index (χ1) is 8.13. The number of carbonyl (C=O) groups excluding carboxylic acids is 1. The van der Waals surface area contributed by atoms with Crippen molar-refractivity contribution in [2.24, 2.45) is 11.7 Å². The van der Waals surface area contributed by atoms with Crippen LogP contribution in [0.5, 0.6) is 5.75 Å². The molecule has 0 aliphatic rings. The third-order valence-electron chi connectivity index (χ3n) is 2.17. The quantitative estimate of drug-likeness (QED) is 0.785. The van der Waals surface area contributed by atoms with Crippen LogP contribution in [0, 0.1) is 5.92 Å². The molecule has 0 bridgehead atoms. The fourth-order valence-electron chi connectivity index (χ4n) is 1.28. The van der Waals surface area contributed by atoms with Gasteiger partial charge in [-0.15, -0.1) is 0 Å². The van der Waals surface area contributed by atoms with Crippen LogP contribution in [0.15, 0.2) is 24.3 Å². The Morgan fingerprint density at radius 1 is 1.35 bits per heavy atom. The molecule has 0 atom stereocenters. The van der Waals surface area contributed by atoms with Crippen LogP contribution in [0.4, 0.5) is 0 Å². The van der Waals surface area contributed by atoms with Crippen molar-refractivity contribution >= 4 is 5.91 Å². The highest BCUT2D eigenvalue weighted by atomic mass is 16.5. The van der Waals surface area contributed by atoms with Crippen LogP contribution in [-0.2, 0) is 0 Å². The van der Waals surface area contributed by atoms with Gasteiger partial charge in [-0.2, -0.15) is 0 Å². The lowest BCUT2D eigenvalue weighted by Gasteiger charge is -2.08. The number of nitrogens with one attached hydrogen (secondary N) is 1. The van der Waals surface area contributed by atoms with Crippen molar-refractivity contribution in [3.63, 3.8) is 0 Å². The van der Waals surface area contributed by atoms with E-state index in [-0.39, 0.29) is 5.91 Å². The molecule has 0 saturated heterocycles. The van der Waals surface area contributed by atoms with Crippen molar-refractivity contribution in [3.05, 3.63) is 29.8 Å². The zero-order valence-electron chi connectivity index (χ0n) is 10.4. The molecule has 4 heteroatoms. The second-order valence-electron chi connectivity index (χ2n) is 4.27. The van der Waals surface area contributed by atoms with Gasteiger partial charge in [0, 0.05) is 18.7 Å². The van der Waals surface area contributed by atoms with E-state index in [1.165, 1.54) is 0 Å². The summed E-state index contributed by atoms with van der Waals surface area (Å²) >= 11 is 0. The van der Waals surface area contributed by atoms with Crippen LogP contribution in [-0.4, -0.2) is 25.6 Å². The number of hydrogen-bond donors (Lipinski definition) is 2. The number of nitrogens with two attached hydrogens (primary N) is 1. The molecule has 1 aromatic carbocycles. The molecule has 4 nitrogen and oxygen atoms in total. The van der Waals surface area contributed by atoms with Crippen molar-refractivity contribution in [2.45, 2.75) is 13.8 Å². The van der Waals surface area contributed by atoms with E-state index in [2.05, 4.69) is 19.2 Å². The Kier molecular flexibility index (Phi) is 5.49. The molecule has 0 aromatic heterocycles. The molecule has 0 saturated carbocycles. The third kappa shape index (κ3) is 4.87. The lowest BCUT2D eigenvalue weighted by molar-refractivity contribution is 0.0949. The highest BCUT2D eigenvalue weighted by Gasteiger charge is 2.05. The van der Waals surface area contributed by atoms with Crippen LogP contribution in [0.1, 0.15) is 24.2 Å². The second kappa shape index (κ2) is 6.91. The minimum absolute atomic E-state index is 0.0518. The Hall–Kier alpha value is -1.55. The van der Waals surface area contributed by atoms with Gasteiger partial charge in [-0.25, -0.2) is 0 Å². The van der Waals surface area contributed by atoms with Gasteiger partial charge < -0.3 is 15.8 Å². The number of hydrogen-bond acceptors (Lipinski definition) is 3. The van der Waals surface area contributed by atoms with Gasteiger partial charge in [0.15, 0.2) is 0 Å². The van der Waals surface area contributed by atoms with Crippen molar-refractivity contribution in [1.82, 2.24) is 5.32 Å². The summed E-state index contributed by atoms with van der Waals surface area (Å²) in [5.41, 5.74) is 5.98. The third-order valence-corrected chi connectivity index (χ3v) is 2.17. The molecule has 0 fully saturated rings. The van der Waals surface area contributed by atoms with E-state index in [0.29, 0.717) is 31.2 Å². The average molecular weight is 236 g/mol. The largest absolute Gasteiger partial charge is 0.492 e. The van der Waals surface area contributed by atoms with E-state index in [1.54, 1.807) is 24.3 Å². The summed E-state index contributed by atoms with van der Waals surface area (Å²) in [7, 11) is 0. The predicted octanol–water partition coefficient (Wildman–Crippen LogP) is 1.41. The molecule has 1 aromatic rings. The first-order valence-electron chi connectivity index (χ1n) is 5.84. The van der Waals surface area contributed by atoms with Crippen molar-refractivity contribution < 1.29 is 9.53 Å². The zero-order valence-corrected chi connectivity index (χ0v) is 10.4. The molecule has 0 aliphatic heterocycles. The van der Waals surface area contributed by atoms with E-state index in [0.717, 1.165) is 5.75 Å². The lowest BCUT2D eigenvalue weighted by Crippen LogP contribution is -2.27. The van der Waals surface area contributed by atoms with Gasteiger partial charge >= 0.3 is 0 Å². The topological polar surface area (TPSA) is 64.3 Å². The maximum Gasteiger partial charge on any atom is 0.251 e. The molecule has 94 valence electrons. The molecule has 0 aliphatic carbocycles. The Bertz CT molecular complexity index is 347. The lowest BCUT2D eigenvalue weighted by atomic mass is 10.2. The van der Waals surface area contributed by atoms with E-state index >= 15 is 0 Å². The maximum atomic E-state index is 11.7. The summed E-state index contributed by atoms with van der Waals surface area (Å²) in [6.45, 7) is 5.77. The molecular weight excluding hydrogens is 216 g/mol. The van der Waals surface area contributed by atoms with Crippen molar-refractivity contribution in [1.29, 1.82) is 0 Å². The van der Waals surface area contributed by atoms with E-state index < -0.39 is 0 Å². The first-order valence-corrected chi connectivity index (χ1v) is 5.84. The minimum Gasteiger partial charge on any atom is -0.492 e. The number of benzene rings is 1. The molecule has 1 amide bonds. The van der Waals surface area contributed by atoms with E-state index in [1.807, 2.05) is 0 Å². The Morgan fingerprint density at radius 2 is 2.00 bits per heavy atom. The van der Waals surface area contributed by atoms with Gasteiger partial charge in [0.05, 0.1) is 0 Å². The minimum atomic E-state index is -0.0518. The molecule has 0 unspecified atom stereocenters. The van der Waals surface area contributed by atoms with Crippen LogP contribution >= 0.6 is 0 Å². The number of rotatable bonds is 6. The SMILES string of the molecule is CC(C)CNC(=O)c1ccc(OCCN)cc1. The normalized spacial score (nSPS) is 10.4. The molecular formula is C13H20N2O2. The Balaban J connectivity index is 2.51. The summed E-state index contributed by atoms with van der Waals surface area (Å²) in [5.74, 6) is 1.13. The van der Waals surface area contributed by atoms with E-state index in [4.69, 9.17) is 10.5 Å². The molecule has 17 heavy (non-hydrogen) atoms. The highest BCUT2D eigenvalue weighted by Crippen LogP contribution is 2.11. The van der Waals surface area contributed by atoms with Gasteiger partial charge in [0.2, 0.25) is 0 Å². The molecule has 0 spiro atoms. The van der Waals surface area contributed by atoms with Gasteiger partial charge in [-0.05, 0) is 30.2 Å². The number of carbonyl (C=O) groups is 1. The first kappa shape index (κ1) is 13.5. The summed E-state index contributed by atoms with van der Waals surface area (Å²) < 4.78 is 5.33. The predicted molar refractivity (Wildman–Crippen MR) is 68.2 cm³/mol. The van der Waals surface area contributed by atoms with E-state index in [9.17, 15) is 4.79 Å². The Morgan fingerprint density at radius 3 is 2.53 bits per heavy atom. The van der Waals surface area contributed by atoms with Crippen LogP contribution in [0.2, 0.25) is 0 Å². The zero-order chi connectivity index (χ0) is 12.7. The monoisotopic (exact) mass is 236 g/mol. The Labute approximate surface area is 102 Å². The molecule has 0 radical (unpaired) electrons. The second-order valence-corrected chi connectivity index (χ2v) is 4.27. The standard InChI is InChI=1S/C13H20N2O2/c1-10(2)9-15-13(16)11-3-5-12(6-4-11)17-8-7-14/h3-6,10H,7-9,14H2,1-2H3,(H,15,16). The highest BCUT2D eigenvalue weighted by molar-refractivity contribution is 5.94. The van der Waals surface area contributed by atoms with Crippen molar-refractivity contribution in [2.75, 3.05) is 19.7 Å². The molecule has 0 heterocycles. The fourth-order valence-corrected chi connectivity index (χ4v) is 1.28. The fraction of sp³-hybridized carbons (Fsp3) is 0.462. The smallest absolute Gasteiger partial charge is 0.251 e. The van der Waals surface area contributed by atoms with Gasteiger partial charge in [-0.1, -0.05) is 13.8 Å². The van der Waals surface area contributed by atoms with Gasteiger partial charge in [-0.3, -0.25) is 4.79 Å². The maximum absolute atomic E-state index is 11.7. The summed E-state index contributed by atoms with van der Waals surface area (Å²) in [5, 5.41) is 2.86. The molecule has 3 N–H and O–H groups in total. The van der Waals surface area contributed by atoms with Crippen LogP contribution in [0.25, 0.3) is 0 Å². The molecule has 1 rings (SSSR count). The van der Waals surface area contributed by atoms with Gasteiger partial charge in [0.1, 0.15) is 12.4 Å². The summed E-state index contributed by atoms with van der Waals surface area (Å²) in [6.07, 6.45) is 0. The summed E-state index contributed by atoms with van der Waals surface area (Å²) in [4.78, 5) is 11.7. The average Bonchev–Trinajstić information content (AvgIpc) is 2.34. The summed E-state index contributed by atoms with van der Waals surface area (Å²) in [6, 6.07) is 7.06. The van der Waals surface area contributed by atoms with Crippen molar-refractivity contribution in [3.8, 4) is 5.75 Å².